The third-order valence-electron chi connectivity index (χ3n) is 5.01. The number of benzene rings is 1. The average Bonchev–Trinajstić information content (AvgIpc) is 3.25. The van der Waals surface area contributed by atoms with Crippen LogP contribution in [-0.4, -0.2) is 36.7 Å². The van der Waals surface area contributed by atoms with Crippen LogP contribution >= 0.6 is 11.3 Å². The van der Waals surface area contributed by atoms with E-state index in [9.17, 15) is 10.2 Å². The summed E-state index contributed by atoms with van der Waals surface area (Å²) in [5, 5.41) is 31.5. The molecule has 1 aliphatic carbocycles. The van der Waals surface area contributed by atoms with Crippen molar-refractivity contribution in [3.8, 4) is 0 Å². The molecule has 0 bridgehead atoms. The van der Waals surface area contributed by atoms with Crippen LogP contribution in [0.3, 0.4) is 0 Å². The van der Waals surface area contributed by atoms with Crippen LogP contribution in [0.1, 0.15) is 16.9 Å². The molecule has 8 heteroatoms. The highest BCUT2D eigenvalue weighted by molar-refractivity contribution is 7.19. The van der Waals surface area contributed by atoms with Crippen LogP contribution < -0.4 is 5.32 Å². The molecule has 4 aromatic rings. The maximum absolute atomic E-state index is 9.51. The maximum atomic E-state index is 9.51. The minimum atomic E-state index is -1.27. The highest BCUT2D eigenvalue weighted by Crippen LogP contribution is 2.40. The quantitative estimate of drug-likeness (QED) is 0.415. The first kappa shape index (κ1) is 15.7. The number of nitrogens with zero attached hydrogens (tertiary/aromatic N) is 3. The van der Waals surface area contributed by atoms with Gasteiger partial charge in [-0.1, -0.05) is 0 Å². The zero-order valence-corrected chi connectivity index (χ0v) is 14.6. The Hall–Kier alpha value is -2.55. The lowest BCUT2D eigenvalue weighted by atomic mass is 9.87. The van der Waals surface area contributed by atoms with Crippen molar-refractivity contribution in [1.29, 1.82) is 0 Å². The molecule has 26 heavy (non-hydrogen) atoms. The zero-order chi connectivity index (χ0) is 17.7. The van der Waals surface area contributed by atoms with Crippen molar-refractivity contribution in [2.24, 2.45) is 5.92 Å². The molecule has 0 fully saturated rings. The number of nitrogens with one attached hydrogen (secondary N) is 2. The third kappa shape index (κ3) is 2.54. The van der Waals surface area contributed by atoms with Gasteiger partial charge >= 0.3 is 0 Å². The average molecular weight is 367 g/mol. The molecule has 0 saturated heterocycles. The maximum Gasteiger partial charge on any atom is 0.154 e. The fraction of sp³-hybridized carbons (Fsp3) is 0.278. The summed E-state index contributed by atoms with van der Waals surface area (Å²) in [5.41, 5.74) is 3.16. The Bertz CT molecular complexity index is 1100. The van der Waals surface area contributed by atoms with E-state index in [-0.39, 0.29) is 5.92 Å². The fourth-order valence-electron chi connectivity index (χ4n) is 3.64. The van der Waals surface area contributed by atoms with Crippen LogP contribution in [0.5, 0.6) is 0 Å². The molecule has 3 heterocycles. The number of hydrogen-bond donors (Lipinski definition) is 4. The minimum absolute atomic E-state index is 0.108. The van der Waals surface area contributed by atoms with Gasteiger partial charge < -0.3 is 15.5 Å². The topological polar surface area (TPSA) is 107 Å². The molecule has 5 rings (SSSR count). The van der Waals surface area contributed by atoms with Crippen molar-refractivity contribution >= 4 is 44.0 Å². The zero-order valence-electron chi connectivity index (χ0n) is 13.8. The first-order valence-electron chi connectivity index (χ1n) is 8.50. The summed E-state index contributed by atoms with van der Waals surface area (Å²) in [6.45, 7) is 0. The lowest BCUT2D eigenvalue weighted by Gasteiger charge is -2.23. The van der Waals surface area contributed by atoms with Gasteiger partial charge in [0.15, 0.2) is 6.29 Å². The van der Waals surface area contributed by atoms with Crippen LogP contribution in [-0.2, 0) is 12.8 Å². The molecule has 132 valence electrons. The van der Waals surface area contributed by atoms with E-state index in [4.69, 9.17) is 0 Å². The lowest BCUT2D eigenvalue weighted by molar-refractivity contribution is -0.0865. The minimum Gasteiger partial charge on any atom is -0.368 e. The normalized spacial score (nSPS) is 17.1. The Balaban J connectivity index is 1.56. The number of aromatic nitrogens is 4. The molecule has 0 saturated carbocycles. The summed E-state index contributed by atoms with van der Waals surface area (Å²) < 4.78 is 0. The first-order chi connectivity index (χ1) is 12.7. The molecular formula is C18H17N5O2S. The number of rotatable bonds is 3. The van der Waals surface area contributed by atoms with Gasteiger partial charge in [-0.2, -0.15) is 5.10 Å². The molecule has 4 N–H and O–H groups in total. The summed E-state index contributed by atoms with van der Waals surface area (Å²) in [7, 11) is 0. The molecule has 1 aromatic carbocycles. The van der Waals surface area contributed by atoms with Gasteiger partial charge in [-0.3, -0.25) is 5.10 Å². The number of hydrogen-bond acceptors (Lipinski definition) is 7. The predicted molar refractivity (Wildman–Crippen MR) is 101 cm³/mol. The van der Waals surface area contributed by atoms with Gasteiger partial charge in [0.25, 0.3) is 0 Å². The van der Waals surface area contributed by atoms with Crippen molar-refractivity contribution in [3.63, 3.8) is 0 Å². The molecule has 0 radical (unpaired) electrons. The predicted octanol–water partition coefficient (Wildman–Crippen LogP) is 2.73. The summed E-state index contributed by atoms with van der Waals surface area (Å²) in [6.07, 6.45) is 4.34. The summed E-state index contributed by atoms with van der Waals surface area (Å²) in [4.78, 5) is 11.0. The van der Waals surface area contributed by atoms with E-state index in [2.05, 4.69) is 25.5 Å². The molecule has 0 amide bonds. The van der Waals surface area contributed by atoms with E-state index in [0.29, 0.717) is 6.42 Å². The third-order valence-corrected chi connectivity index (χ3v) is 6.17. The van der Waals surface area contributed by atoms with E-state index in [0.717, 1.165) is 45.5 Å². The second-order valence-corrected chi connectivity index (χ2v) is 7.70. The molecule has 0 aliphatic heterocycles. The highest BCUT2D eigenvalue weighted by atomic mass is 32.1. The van der Waals surface area contributed by atoms with Crippen LogP contribution in [0.25, 0.3) is 21.1 Å². The number of thiophene rings is 1. The Morgan fingerprint density at radius 2 is 2.19 bits per heavy atom. The Kier molecular flexibility index (Phi) is 3.63. The van der Waals surface area contributed by atoms with E-state index in [1.54, 1.807) is 23.9 Å². The summed E-state index contributed by atoms with van der Waals surface area (Å²) in [6, 6.07) is 6.01. The molecule has 0 unspecified atom stereocenters. The number of fused-ring (bicyclic) bond motifs is 4. The Morgan fingerprint density at radius 1 is 1.27 bits per heavy atom. The van der Waals surface area contributed by atoms with Crippen LogP contribution in [0.15, 0.2) is 30.7 Å². The summed E-state index contributed by atoms with van der Waals surface area (Å²) in [5.74, 6) is 0.682. The van der Waals surface area contributed by atoms with Gasteiger partial charge in [0.05, 0.1) is 17.1 Å². The molecule has 1 atom stereocenters. The largest absolute Gasteiger partial charge is 0.368 e. The van der Waals surface area contributed by atoms with Gasteiger partial charge in [-0.05, 0) is 43.0 Å². The van der Waals surface area contributed by atoms with Crippen LogP contribution in [0, 0.1) is 5.92 Å². The van der Waals surface area contributed by atoms with E-state index in [1.165, 1.54) is 10.4 Å². The van der Waals surface area contributed by atoms with Gasteiger partial charge in [0.1, 0.15) is 17.0 Å². The number of aryl methyl sites for hydroxylation is 1. The van der Waals surface area contributed by atoms with Gasteiger partial charge in [0.2, 0.25) is 0 Å². The monoisotopic (exact) mass is 367 g/mol. The highest BCUT2D eigenvalue weighted by Gasteiger charge is 2.28. The van der Waals surface area contributed by atoms with E-state index in [1.807, 2.05) is 18.2 Å². The second-order valence-electron chi connectivity index (χ2n) is 6.62. The van der Waals surface area contributed by atoms with Crippen molar-refractivity contribution in [2.75, 3.05) is 5.32 Å². The van der Waals surface area contributed by atoms with Gasteiger partial charge in [0, 0.05) is 21.9 Å². The Labute approximate surface area is 152 Å². The molecule has 7 nitrogen and oxygen atoms in total. The first-order valence-corrected chi connectivity index (χ1v) is 9.32. The number of aliphatic hydroxyl groups excluding tert-OH is 1. The summed E-state index contributed by atoms with van der Waals surface area (Å²) >= 11 is 1.62. The molecule has 3 aromatic heterocycles. The number of anilines is 2. The van der Waals surface area contributed by atoms with Crippen molar-refractivity contribution in [1.82, 2.24) is 20.2 Å². The SMILES string of the molecule is OC(O)[C@H]1CCc2c(sc3ncnc(Nc4ccc5[nH]ncc5c4)c23)C1. The van der Waals surface area contributed by atoms with Crippen LogP contribution in [0.2, 0.25) is 0 Å². The molecule has 0 spiro atoms. The van der Waals surface area contributed by atoms with E-state index >= 15 is 0 Å². The molecular weight excluding hydrogens is 350 g/mol. The lowest BCUT2D eigenvalue weighted by Crippen LogP contribution is -2.25. The van der Waals surface area contributed by atoms with Crippen molar-refractivity contribution in [3.05, 3.63) is 41.2 Å². The smallest absolute Gasteiger partial charge is 0.154 e. The van der Waals surface area contributed by atoms with Gasteiger partial charge in [-0.15, -0.1) is 11.3 Å². The van der Waals surface area contributed by atoms with Crippen molar-refractivity contribution in [2.45, 2.75) is 25.6 Å². The number of H-pyrrole nitrogens is 1. The fourth-order valence-corrected chi connectivity index (χ4v) is 4.92. The van der Waals surface area contributed by atoms with E-state index < -0.39 is 6.29 Å². The van der Waals surface area contributed by atoms with Crippen LogP contribution in [0.4, 0.5) is 11.5 Å². The number of aliphatic hydroxyl groups is 2. The standard InChI is InChI=1S/C18H17N5O2S/c24-18(25)9-1-3-12-14(6-9)26-17-15(12)16(19-8-20-17)22-11-2-4-13-10(5-11)7-21-23-13/h2,4-5,7-9,18,24-25H,1,3,6H2,(H,21,23)(H,19,20,22)/t9-/m0/s1. The second kappa shape index (κ2) is 6.01. The number of aromatic amines is 1. The molecule has 1 aliphatic rings. The van der Waals surface area contributed by atoms with Crippen molar-refractivity contribution < 1.29 is 10.2 Å². The van der Waals surface area contributed by atoms with Gasteiger partial charge in [-0.25, -0.2) is 9.97 Å². The Morgan fingerprint density at radius 3 is 3.08 bits per heavy atom.